The first kappa shape index (κ1) is 35.5. The predicted octanol–water partition coefficient (Wildman–Crippen LogP) is -1.76. The van der Waals surface area contributed by atoms with Crippen LogP contribution in [-0.4, -0.2) is 61.8 Å². The molecule has 0 heterocycles. The van der Waals surface area contributed by atoms with Gasteiger partial charge in [0.25, 0.3) is 0 Å². The molecule has 0 aromatic carbocycles. The Bertz CT molecular complexity index is 452. The number of carboxylic acids is 2. The summed E-state index contributed by atoms with van der Waals surface area (Å²) in [6.07, 6.45) is 0.639. The van der Waals surface area contributed by atoms with Crippen LogP contribution in [0.25, 0.3) is 0 Å². The van der Waals surface area contributed by atoms with Crippen LogP contribution in [0.4, 0.5) is 0 Å². The van der Waals surface area contributed by atoms with Gasteiger partial charge in [-0.1, -0.05) is 0 Å². The molecule has 0 spiro atoms. The normalized spacial score (nSPS) is 10.8. The number of rotatable bonds is 8. The van der Waals surface area contributed by atoms with Crippen molar-refractivity contribution in [3.05, 3.63) is 0 Å². The van der Waals surface area contributed by atoms with E-state index in [0.29, 0.717) is 17.3 Å². The van der Waals surface area contributed by atoms with E-state index < -0.39 is 27.5 Å². The zero-order valence-corrected chi connectivity index (χ0v) is 18.6. The minimum Gasteiger partial charge on any atom is -0.748 e. The molecule has 0 amide bonds. The van der Waals surface area contributed by atoms with Crippen molar-refractivity contribution < 1.29 is 58.3 Å². The third-order valence-corrected chi connectivity index (χ3v) is 4.00. The van der Waals surface area contributed by atoms with Gasteiger partial charge in [-0.05, 0) is 27.7 Å². The van der Waals surface area contributed by atoms with Crippen molar-refractivity contribution in [1.82, 2.24) is 12.3 Å². The molecule has 6 N–H and O–H groups in total. The molecule has 0 saturated heterocycles. The summed E-state index contributed by atoms with van der Waals surface area (Å²) in [5.41, 5.74) is -1.90. The van der Waals surface area contributed by atoms with Gasteiger partial charge in [-0.15, -0.1) is 0 Å². The molecule has 0 rings (SSSR count). The first-order valence-electron chi connectivity index (χ1n) is 6.96. The van der Waals surface area contributed by atoms with Crippen LogP contribution < -0.4 is 22.5 Å². The number of carboxylic acid groups (broad SMARTS) is 2. The van der Waals surface area contributed by atoms with Crippen molar-refractivity contribution in [2.75, 3.05) is 32.4 Å². The first-order valence-corrected chi connectivity index (χ1v) is 8.78. The molecule has 0 aliphatic carbocycles. The summed E-state index contributed by atoms with van der Waals surface area (Å²) in [6.45, 7) is 10.3. The van der Waals surface area contributed by atoms with Crippen LogP contribution in [0, 0.1) is 5.41 Å². The monoisotopic (exact) mass is 568 g/mol. The van der Waals surface area contributed by atoms with Gasteiger partial charge in [-0.25, -0.2) is 8.42 Å². The molecule has 0 fully saturated rings. The smallest absolute Gasteiger partial charge is 0.748 e. The Balaban J connectivity index is -0.000000147. The summed E-state index contributed by atoms with van der Waals surface area (Å²) in [7, 11) is -3.92. The van der Waals surface area contributed by atoms with Gasteiger partial charge in [0.2, 0.25) is 0 Å². The maximum absolute atomic E-state index is 10.9. The van der Waals surface area contributed by atoms with E-state index in [0.717, 1.165) is 26.6 Å². The van der Waals surface area contributed by atoms with Gasteiger partial charge in [0, 0.05) is 12.7 Å². The number of carbonyl (C=O) groups excluding carboxylic acids is 2. The van der Waals surface area contributed by atoms with Gasteiger partial charge >= 0.3 is 21.1 Å². The molecule has 0 aliphatic rings. The predicted molar refractivity (Wildman–Crippen MR) is 85.2 cm³/mol. The minimum atomic E-state index is -3.92. The Morgan fingerprint density at radius 1 is 0.960 bits per heavy atom. The fourth-order valence-corrected chi connectivity index (χ4v) is 1.89. The second kappa shape index (κ2) is 14.6. The number of hydrogen-bond acceptors (Lipinski definition) is 9. The molecule has 0 aromatic rings. The molecule has 0 atom stereocenters. The van der Waals surface area contributed by atoms with E-state index in [4.69, 9.17) is 13.0 Å². The van der Waals surface area contributed by atoms with Crippen molar-refractivity contribution >= 4 is 22.1 Å². The molecular formula is C13H31N3O7PtS. The molecule has 156 valence electrons. The number of aliphatic carboxylic acids is 2. The van der Waals surface area contributed by atoms with Crippen molar-refractivity contribution in [2.24, 2.45) is 5.41 Å². The second-order valence-corrected chi connectivity index (χ2v) is 6.78. The third-order valence-electron chi connectivity index (χ3n) is 4.00. The van der Waals surface area contributed by atoms with E-state index in [-0.39, 0.29) is 39.8 Å². The Hall–Kier alpha value is -0.582. The van der Waals surface area contributed by atoms with E-state index >= 15 is 0 Å². The van der Waals surface area contributed by atoms with Gasteiger partial charge in [-0.3, -0.25) is 0 Å². The van der Waals surface area contributed by atoms with Crippen LogP contribution in [-0.2, 0) is 40.8 Å². The van der Waals surface area contributed by atoms with Gasteiger partial charge in [0.05, 0.1) is 53.7 Å². The maximum Gasteiger partial charge on any atom is 2.00 e. The van der Waals surface area contributed by atoms with E-state index in [1.807, 2.05) is 20.8 Å². The van der Waals surface area contributed by atoms with E-state index in [9.17, 15) is 19.8 Å². The fraction of sp³-hybridized carbons (Fsp3) is 0.846. The summed E-state index contributed by atoms with van der Waals surface area (Å²) in [5, 5.41) is 21.8. The van der Waals surface area contributed by atoms with Gasteiger partial charge in [0.15, 0.2) is 0 Å². The van der Waals surface area contributed by atoms with Crippen LogP contribution >= 0.6 is 0 Å². The van der Waals surface area contributed by atoms with E-state index in [1.165, 1.54) is 0 Å². The molecule has 0 aliphatic heterocycles. The summed E-state index contributed by atoms with van der Waals surface area (Å²) in [6, 6.07) is 0. The zero-order chi connectivity index (χ0) is 18.2. The number of quaternary nitrogens is 1. The van der Waals surface area contributed by atoms with Crippen LogP contribution in [0.15, 0.2) is 0 Å². The molecule has 0 bridgehead atoms. The van der Waals surface area contributed by atoms with Crippen LogP contribution in [0.1, 0.15) is 34.1 Å². The topological polar surface area (TPSA) is 207 Å². The molecule has 0 unspecified atom stereocenters. The molecular weight excluding hydrogens is 537 g/mol. The Kier molecular flexibility index (Phi) is 20.7. The zero-order valence-electron chi connectivity index (χ0n) is 15.5. The van der Waals surface area contributed by atoms with Crippen LogP contribution in [0.2, 0.25) is 0 Å². The summed E-state index contributed by atoms with van der Waals surface area (Å²) in [4.78, 5) is 21.8. The van der Waals surface area contributed by atoms with Gasteiger partial charge in [0.1, 0.15) is 0 Å². The number of nitrogens with zero attached hydrogens (tertiary/aromatic N) is 1. The average molecular weight is 569 g/mol. The van der Waals surface area contributed by atoms with E-state index in [1.54, 1.807) is 0 Å². The third kappa shape index (κ3) is 14.3. The Labute approximate surface area is 164 Å². The molecule has 25 heavy (non-hydrogen) atoms. The SMILES string of the molecule is CC[N+](CC)(CC)CCC(C)(C(=O)[O-])C(=O)[O-].CS(=O)(=O)[O-].N.N.[Pt+2]. The van der Waals surface area contributed by atoms with E-state index in [2.05, 4.69) is 0 Å². The van der Waals surface area contributed by atoms with Crippen molar-refractivity contribution in [3.8, 4) is 0 Å². The molecule has 12 heteroatoms. The first-order chi connectivity index (χ1) is 9.78. The average Bonchev–Trinajstić information content (AvgIpc) is 2.38. The van der Waals surface area contributed by atoms with Crippen molar-refractivity contribution in [2.45, 2.75) is 34.1 Å². The second-order valence-electron chi connectivity index (χ2n) is 5.38. The van der Waals surface area contributed by atoms with Gasteiger partial charge < -0.3 is 41.1 Å². The van der Waals surface area contributed by atoms with Crippen molar-refractivity contribution in [3.63, 3.8) is 0 Å². The fourth-order valence-electron chi connectivity index (χ4n) is 1.89. The Morgan fingerprint density at radius 3 is 1.36 bits per heavy atom. The maximum atomic E-state index is 10.9. The summed E-state index contributed by atoms with van der Waals surface area (Å²) >= 11 is 0. The summed E-state index contributed by atoms with van der Waals surface area (Å²) < 4.78 is 27.9. The molecule has 10 nitrogen and oxygen atoms in total. The Morgan fingerprint density at radius 2 is 1.20 bits per heavy atom. The molecule has 0 radical (unpaired) electrons. The molecule has 0 saturated carbocycles. The minimum absolute atomic E-state index is 0. The number of carbonyl (C=O) groups is 2. The standard InChI is InChI=1S/C12H23NO4.CH4O3S.2H3N.Pt/c1-5-13(6-2,7-3)9-8-12(4,10(14)15)11(16)17;1-5(2,3)4;;;/h5-9H2,1-4H3,(H-,14,15,16,17);1H3,(H,2,3,4);2*1H3;/q;;;;+2/p-2. The quantitative estimate of drug-likeness (QED) is 0.193. The van der Waals surface area contributed by atoms with Gasteiger partial charge in [-0.2, -0.15) is 0 Å². The van der Waals surface area contributed by atoms with Crippen LogP contribution in [0.3, 0.4) is 0 Å². The molecule has 0 aromatic heterocycles. The largest absolute Gasteiger partial charge is 2.00 e. The summed E-state index contributed by atoms with van der Waals surface area (Å²) in [5.74, 6) is -3.14. The number of hydrogen-bond donors (Lipinski definition) is 2. The van der Waals surface area contributed by atoms with Crippen molar-refractivity contribution in [1.29, 1.82) is 0 Å². The van der Waals surface area contributed by atoms with Crippen LogP contribution in [0.5, 0.6) is 0 Å².